The Morgan fingerprint density at radius 2 is 2.62 bits per heavy atom. The first kappa shape index (κ1) is 5.11. The summed E-state index contributed by atoms with van der Waals surface area (Å²) in [7, 11) is 0. The number of nitrogens with one attached hydrogen (secondary N) is 1. The molecule has 1 unspecified atom stereocenters. The maximum Gasteiger partial charge on any atom is 0.328 e. The molecule has 0 fully saturated rings. The van der Waals surface area contributed by atoms with Crippen LogP contribution >= 0.6 is 0 Å². The third-order valence-electron chi connectivity index (χ3n) is 0.800. The lowest BCUT2D eigenvalue weighted by Crippen LogP contribution is -2.29. The van der Waals surface area contributed by atoms with Gasteiger partial charge in [0.05, 0.1) is 0 Å². The fourth-order valence-electron chi connectivity index (χ4n) is 0.402. The first-order chi connectivity index (χ1) is 3.80. The van der Waals surface area contributed by atoms with Gasteiger partial charge in [-0.2, -0.15) is 0 Å². The van der Waals surface area contributed by atoms with E-state index in [1.807, 2.05) is 0 Å². The minimum Gasteiger partial charge on any atom is -0.480 e. The largest absolute Gasteiger partial charge is 0.480 e. The maximum atomic E-state index is 10.0. The lowest BCUT2D eigenvalue weighted by Gasteiger charge is -1.97. The second-order valence-corrected chi connectivity index (χ2v) is 1.38. The van der Waals surface area contributed by atoms with Crippen LogP contribution in [0.25, 0.3) is 0 Å². The van der Waals surface area contributed by atoms with Crippen LogP contribution in [-0.2, 0) is 9.63 Å². The molecule has 1 heterocycles. The molecule has 1 atom stereocenters. The summed E-state index contributed by atoms with van der Waals surface area (Å²) in [5, 5.41) is 8.22. The Labute approximate surface area is 45.7 Å². The number of carboxylic acid groups (broad SMARTS) is 1. The first-order valence-electron chi connectivity index (χ1n) is 2.11. The molecule has 0 aliphatic carbocycles. The number of hydrogen-bond acceptors (Lipinski definition) is 3. The van der Waals surface area contributed by atoms with Gasteiger partial charge < -0.3 is 9.94 Å². The molecule has 2 N–H and O–H groups in total. The van der Waals surface area contributed by atoms with Crippen molar-refractivity contribution in [2.24, 2.45) is 0 Å². The fourth-order valence-corrected chi connectivity index (χ4v) is 0.402. The van der Waals surface area contributed by atoms with Crippen LogP contribution in [0.3, 0.4) is 0 Å². The number of carboxylic acids is 1. The van der Waals surface area contributed by atoms with E-state index in [1.165, 1.54) is 12.3 Å². The SMILES string of the molecule is O=C(O)C1C=CON1. The summed E-state index contributed by atoms with van der Waals surface area (Å²) in [6.45, 7) is 0. The second kappa shape index (κ2) is 1.83. The maximum absolute atomic E-state index is 10.0. The predicted octanol–water partition coefficient (Wildman–Crippen LogP) is -0.512. The molecule has 0 spiro atoms. The Kier molecular flexibility index (Phi) is 1.17. The van der Waals surface area contributed by atoms with Crippen LogP contribution in [0.1, 0.15) is 0 Å². The van der Waals surface area contributed by atoms with Crippen molar-refractivity contribution in [2.45, 2.75) is 6.04 Å². The van der Waals surface area contributed by atoms with Gasteiger partial charge in [0.1, 0.15) is 6.26 Å². The predicted molar refractivity (Wildman–Crippen MR) is 24.8 cm³/mol. The fraction of sp³-hybridized carbons (Fsp3) is 0.250. The Morgan fingerprint density at radius 3 is 2.88 bits per heavy atom. The van der Waals surface area contributed by atoms with Crippen LogP contribution < -0.4 is 5.48 Å². The van der Waals surface area contributed by atoms with Crippen LogP contribution in [0.4, 0.5) is 0 Å². The number of carbonyl (C=O) groups is 1. The molecule has 1 aliphatic rings. The van der Waals surface area contributed by atoms with Crippen molar-refractivity contribution in [3.63, 3.8) is 0 Å². The third-order valence-corrected chi connectivity index (χ3v) is 0.800. The molecule has 0 saturated heterocycles. The van der Waals surface area contributed by atoms with Crippen molar-refractivity contribution in [1.82, 2.24) is 5.48 Å². The molecule has 4 nitrogen and oxygen atoms in total. The molecule has 0 saturated carbocycles. The highest BCUT2D eigenvalue weighted by Crippen LogP contribution is 1.94. The normalized spacial score (nSPS) is 25.2. The summed E-state index contributed by atoms with van der Waals surface area (Å²) in [4.78, 5) is 14.4. The van der Waals surface area contributed by atoms with Gasteiger partial charge in [0, 0.05) is 0 Å². The van der Waals surface area contributed by atoms with Gasteiger partial charge in [0.2, 0.25) is 0 Å². The molecule has 0 radical (unpaired) electrons. The van der Waals surface area contributed by atoms with Crippen molar-refractivity contribution < 1.29 is 14.7 Å². The van der Waals surface area contributed by atoms with Crippen LogP contribution in [0.15, 0.2) is 12.3 Å². The van der Waals surface area contributed by atoms with E-state index in [4.69, 9.17) is 5.11 Å². The van der Waals surface area contributed by atoms with Gasteiger partial charge in [-0.25, -0.2) is 0 Å². The van der Waals surface area contributed by atoms with E-state index in [0.717, 1.165) is 0 Å². The Hall–Kier alpha value is -1.03. The van der Waals surface area contributed by atoms with Gasteiger partial charge in [0.25, 0.3) is 0 Å². The van der Waals surface area contributed by atoms with Crippen molar-refractivity contribution in [1.29, 1.82) is 0 Å². The highest BCUT2D eigenvalue weighted by Gasteiger charge is 2.16. The van der Waals surface area contributed by atoms with Crippen molar-refractivity contribution in [2.75, 3.05) is 0 Å². The summed E-state index contributed by atoms with van der Waals surface area (Å²) in [6, 6.07) is -0.671. The molecular weight excluding hydrogens is 110 g/mol. The molecular formula is C4H5NO3. The summed E-state index contributed by atoms with van der Waals surface area (Å²) in [5.41, 5.74) is 2.25. The quantitative estimate of drug-likeness (QED) is 0.483. The average molecular weight is 115 g/mol. The van der Waals surface area contributed by atoms with Crippen LogP contribution in [0, 0.1) is 0 Å². The molecule has 8 heavy (non-hydrogen) atoms. The van der Waals surface area contributed by atoms with E-state index < -0.39 is 12.0 Å². The first-order valence-corrected chi connectivity index (χ1v) is 2.11. The Morgan fingerprint density at radius 1 is 1.88 bits per heavy atom. The lowest BCUT2D eigenvalue weighted by molar-refractivity contribution is -0.139. The molecule has 1 aliphatic heterocycles. The Balaban J connectivity index is 2.48. The van der Waals surface area contributed by atoms with Gasteiger partial charge in [-0.1, -0.05) is 0 Å². The molecule has 44 valence electrons. The van der Waals surface area contributed by atoms with Crippen molar-refractivity contribution in [3.8, 4) is 0 Å². The topological polar surface area (TPSA) is 58.6 Å². The minimum atomic E-state index is -0.932. The zero-order chi connectivity index (χ0) is 5.98. The molecule has 1 rings (SSSR count). The van der Waals surface area contributed by atoms with Crippen molar-refractivity contribution >= 4 is 5.97 Å². The van der Waals surface area contributed by atoms with Crippen LogP contribution in [0.2, 0.25) is 0 Å². The molecule has 0 aromatic rings. The zero-order valence-electron chi connectivity index (χ0n) is 4.00. The smallest absolute Gasteiger partial charge is 0.328 e. The highest BCUT2D eigenvalue weighted by atomic mass is 16.6. The summed E-state index contributed by atoms with van der Waals surface area (Å²) >= 11 is 0. The average Bonchev–Trinajstić information content (AvgIpc) is 2.12. The van der Waals surface area contributed by atoms with Gasteiger partial charge in [0.15, 0.2) is 6.04 Å². The molecule has 0 aromatic carbocycles. The van der Waals surface area contributed by atoms with E-state index in [-0.39, 0.29) is 0 Å². The van der Waals surface area contributed by atoms with E-state index >= 15 is 0 Å². The molecule has 0 bridgehead atoms. The molecule has 0 aromatic heterocycles. The van der Waals surface area contributed by atoms with E-state index in [1.54, 1.807) is 0 Å². The number of hydroxylamine groups is 1. The molecule has 4 heteroatoms. The van der Waals surface area contributed by atoms with Gasteiger partial charge in [-0.05, 0) is 6.08 Å². The standard InChI is InChI=1S/C4H5NO3/c6-4(7)3-1-2-8-5-3/h1-3,5H,(H,6,7). The monoisotopic (exact) mass is 115 g/mol. The summed E-state index contributed by atoms with van der Waals surface area (Å²) in [6.07, 6.45) is 2.72. The number of hydrogen-bond donors (Lipinski definition) is 2. The van der Waals surface area contributed by atoms with E-state index in [0.29, 0.717) is 0 Å². The lowest BCUT2D eigenvalue weighted by atomic mass is 10.3. The minimum absolute atomic E-state index is 0.671. The van der Waals surface area contributed by atoms with Crippen LogP contribution in [-0.4, -0.2) is 17.1 Å². The van der Waals surface area contributed by atoms with Crippen molar-refractivity contribution in [3.05, 3.63) is 12.3 Å². The summed E-state index contributed by atoms with van der Waals surface area (Å²) in [5.74, 6) is -0.932. The second-order valence-electron chi connectivity index (χ2n) is 1.38. The Bertz CT molecular complexity index is 131. The van der Waals surface area contributed by atoms with Gasteiger partial charge in [-0.3, -0.25) is 4.79 Å². The highest BCUT2D eigenvalue weighted by molar-refractivity contribution is 5.75. The van der Waals surface area contributed by atoms with Gasteiger partial charge >= 0.3 is 5.97 Å². The van der Waals surface area contributed by atoms with E-state index in [9.17, 15) is 4.79 Å². The van der Waals surface area contributed by atoms with E-state index in [2.05, 4.69) is 10.3 Å². The number of aliphatic carboxylic acids is 1. The third kappa shape index (κ3) is 0.788. The number of rotatable bonds is 1. The molecule has 0 amide bonds. The van der Waals surface area contributed by atoms with Crippen LogP contribution in [0.5, 0.6) is 0 Å². The van der Waals surface area contributed by atoms with Gasteiger partial charge in [-0.15, -0.1) is 5.48 Å². The zero-order valence-corrected chi connectivity index (χ0v) is 4.00. The summed E-state index contributed by atoms with van der Waals surface area (Å²) < 4.78 is 0.